The highest BCUT2D eigenvalue weighted by Gasteiger charge is 2.61. The van der Waals surface area contributed by atoms with E-state index in [1.807, 2.05) is 81.4 Å². The van der Waals surface area contributed by atoms with Crippen molar-refractivity contribution in [3.05, 3.63) is 71.8 Å². The number of carbonyl (C=O) groups excluding carboxylic acids is 2. The molecule has 1 fully saturated rings. The van der Waals surface area contributed by atoms with Gasteiger partial charge in [0.15, 0.2) is 0 Å². The molecule has 2 unspecified atom stereocenters. The van der Waals surface area contributed by atoms with Crippen LogP contribution in [-0.4, -0.2) is 18.5 Å². The summed E-state index contributed by atoms with van der Waals surface area (Å²) in [6.07, 6.45) is 2.62. The van der Waals surface area contributed by atoms with Crippen molar-refractivity contribution in [3.8, 4) is 11.5 Å². The molecule has 0 N–H and O–H groups in total. The van der Waals surface area contributed by atoms with E-state index in [9.17, 15) is 9.59 Å². The van der Waals surface area contributed by atoms with E-state index < -0.39 is 0 Å². The second kappa shape index (κ2) is 9.82. The summed E-state index contributed by atoms with van der Waals surface area (Å²) in [5, 5.41) is 0. The normalized spacial score (nSPS) is 19.4. The Morgan fingerprint density at radius 2 is 1.71 bits per heavy atom. The van der Waals surface area contributed by atoms with Crippen LogP contribution in [0.5, 0.6) is 11.5 Å². The van der Waals surface area contributed by atoms with Crippen LogP contribution in [0.25, 0.3) is 0 Å². The van der Waals surface area contributed by atoms with Crippen LogP contribution in [0.3, 0.4) is 0 Å². The number of benzene rings is 2. The summed E-state index contributed by atoms with van der Waals surface area (Å²) in [5.74, 6) is 0.543. The summed E-state index contributed by atoms with van der Waals surface area (Å²) in [6, 6.07) is 17.0. The monoisotopic (exact) mass is 422 g/mol. The second-order valence-electron chi connectivity index (χ2n) is 8.48. The van der Waals surface area contributed by atoms with Gasteiger partial charge in [-0.2, -0.15) is 0 Å². The molecule has 0 spiro atoms. The van der Waals surface area contributed by atoms with Gasteiger partial charge in [-0.3, -0.25) is 4.79 Å². The van der Waals surface area contributed by atoms with Gasteiger partial charge < -0.3 is 14.2 Å². The topological polar surface area (TPSA) is 61.8 Å². The summed E-state index contributed by atoms with van der Waals surface area (Å²) < 4.78 is 16.6. The average molecular weight is 423 g/mol. The van der Waals surface area contributed by atoms with Gasteiger partial charge in [0.1, 0.15) is 18.1 Å². The molecule has 2 atom stereocenters. The molecular weight excluding hydrogens is 392 g/mol. The number of hydrogen-bond acceptors (Lipinski definition) is 5. The maximum Gasteiger partial charge on any atom is 0.333 e. The standard InChI is InChI=1S/C26H30O5/c1-5-14-29-24(27)18(2)15-22-23(26(22,3)4)25(28)30-17-19-10-9-13-21(16-19)31-20-11-7-6-8-12-20/h6-13,15-16,22-23H,5,14,17H2,1-4H3/b18-15+. The van der Waals surface area contributed by atoms with Gasteiger partial charge >= 0.3 is 11.9 Å². The maximum absolute atomic E-state index is 12.7. The minimum absolute atomic E-state index is 0.0399. The molecule has 1 aliphatic rings. The lowest BCUT2D eigenvalue weighted by Crippen LogP contribution is -2.11. The zero-order valence-corrected chi connectivity index (χ0v) is 18.6. The molecule has 2 aromatic rings. The van der Waals surface area contributed by atoms with Crippen molar-refractivity contribution in [3.63, 3.8) is 0 Å². The molecule has 3 rings (SSSR count). The fourth-order valence-electron chi connectivity index (χ4n) is 3.65. The highest BCUT2D eigenvalue weighted by atomic mass is 16.5. The van der Waals surface area contributed by atoms with E-state index in [0.717, 1.165) is 17.7 Å². The van der Waals surface area contributed by atoms with Crippen molar-refractivity contribution in [2.75, 3.05) is 6.61 Å². The molecule has 2 aromatic carbocycles. The molecule has 31 heavy (non-hydrogen) atoms. The third-order valence-electron chi connectivity index (χ3n) is 5.61. The van der Waals surface area contributed by atoms with E-state index in [1.54, 1.807) is 6.92 Å². The van der Waals surface area contributed by atoms with E-state index in [-0.39, 0.29) is 35.8 Å². The highest BCUT2D eigenvalue weighted by molar-refractivity contribution is 5.88. The van der Waals surface area contributed by atoms with Gasteiger partial charge in [-0.05, 0) is 54.5 Å². The Labute approximate surface area is 184 Å². The summed E-state index contributed by atoms with van der Waals surface area (Å²) in [5.41, 5.74) is 1.14. The molecule has 164 valence electrons. The minimum Gasteiger partial charge on any atom is -0.462 e. The van der Waals surface area contributed by atoms with Crippen LogP contribution >= 0.6 is 0 Å². The van der Waals surface area contributed by atoms with Crippen molar-refractivity contribution >= 4 is 11.9 Å². The summed E-state index contributed by atoms with van der Waals surface area (Å²) in [4.78, 5) is 24.7. The lowest BCUT2D eigenvalue weighted by Gasteiger charge is -2.09. The van der Waals surface area contributed by atoms with Crippen LogP contribution in [0.2, 0.25) is 0 Å². The van der Waals surface area contributed by atoms with Crippen LogP contribution in [-0.2, 0) is 25.7 Å². The van der Waals surface area contributed by atoms with Gasteiger partial charge in [-0.15, -0.1) is 0 Å². The van der Waals surface area contributed by atoms with E-state index in [1.165, 1.54) is 0 Å². The van der Waals surface area contributed by atoms with Gasteiger partial charge in [0.25, 0.3) is 0 Å². The van der Waals surface area contributed by atoms with Crippen LogP contribution in [0.15, 0.2) is 66.2 Å². The van der Waals surface area contributed by atoms with Gasteiger partial charge in [0.2, 0.25) is 0 Å². The minimum atomic E-state index is -0.327. The molecule has 5 heteroatoms. The Bertz CT molecular complexity index is 945. The Morgan fingerprint density at radius 1 is 1.00 bits per heavy atom. The quantitative estimate of drug-likeness (QED) is 0.383. The Morgan fingerprint density at radius 3 is 2.42 bits per heavy atom. The highest BCUT2D eigenvalue weighted by Crippen LogP contribution is 2.59. The van der Waals surface area contributed by atoms with Crippen molar-refractivity contribution in [1.82, 2.24) is 0 Å². The number of esters is 2. The Kier molecular flexibility index (Phi) is 7.16. The summed E-state index contributed by atoms with van der Waals surface area (Å²) in [7, 11) is 0. The number of carbonyl (C=O) groups is 2. The first-order valence-electron chi connectivity index (χ1n) is 10.7. The largest absolute Gasteiger partial charge is 0.462 e. The van der Waals surface area contributed by atoms with Gasteiger partial charge in [-0.25, -0.2) is 4.79 Å². The maximum atomic E-state index is 12.7. The number of hydrogen-bond donors (Lipinski definition) is 0. The second-order valence-corrected chi connectivity index (χ2v) is 8.48. The Balaban J connectivity index is 1.57. The molecular formula is C26H30O5. The van der Waals surface area contributed by atoms with Crippen LogP contribution < -0.4 is 4.74 Å². The van der Waals surface area contributed by atoms with Crippen molar-refractivity contribution in [2.45, 2.75) is 40.7 Å². The number of para-hydroxylation sites is 1. The third-order valence-corrected chi connectivity index (χ3v) is 5.61. The predicted molar refractivity (Wildman–Crippen MR) is 119 cm³/mol. The van der Waals surface area contributed by atoms with Gasteiger partial charge in [-0.1, -0.05) is 57.2 Å². The summed E-state index contributed by atoms with van der Waals surface area (Å²) >= 11 is 0. The zero-order valence-electron chi connectivity index (χ0n) is 18.6. The van der Waals surface area contributed by atoms with E-state index >= 15 is 0 Å². The zero-order chi connectivity index (χ0) is 22.4. The molecule has 5 nitrogen and oxygen atoms in total. The van der Waals surface area contributed by atoms with Crippen LogP contribution in [0, 0.1) is 17.3 Å². The number of ether oxygens (including phenoxy) is 3. The molecule has 0 bridgehead atoms. The molecule has 0 aromatic heterocycles. The van der Waals surface area contributed by atoms with Crippen molar-refractivity contribution in [2.24, 2.45) is 17.3 Å². The first-order valence-corrected chi connectivity index (χ1v) is 10.7. The first kappa shape index (κ1) is 22.6. The molecule has 0 saturated heterocycles. The van der Waals surface area contributed by atoms with Crippen molar-refractivity contribution in [1.29, 1.82) is 0 Å². The van der Waals surface area contributed by atoms with Gasteiger partial charge in [0.05, 0.1) is 12.5 Å². The molecule has 0 amide bonds. The molecule has 1 aliphatic carbocycles. The molecule has 1 saturated carbocycles. The predicted octanol–water partition coefficient (Wildman–Crippen LogP) is 5.69. The average Bonchev–Trinajstić information content (AvgIpc) is 3.30. The molecule has 0 heterocycles. The van der Waals surface area contributed by atoms with Crippen molar-refractivity contribution < 1.29 is 23.8 Å². The van der Waals surface area contributed by atoms with E-state index in [4.69, 9.17) is 14.2 Å². The van der Waals surface area contributed by atoms with Gasteiger partial charge in [0, 0.05) is 5.57 Å². The first-order chi connectivity index (χ1) is 14.8. The SMILES string of the molecule is CCCOC(=O)/C(C)=C/C1C(C(=O)OCc2cccc(Oc3ccccc3)c2)C1(C)C. The van der Waals surface area contributed by atoms with Crippen LogP contribution in [0.1, 0.15) is 39.7 Å². The van der Waals surface area contributed by atoms with E-state index in [0.29, 0.717) is 17.9 Å². The van der Waals surface area contributed by atoms with E-state index in [2.05, 4.69) is 0 Å². The van der Waals surface area contributed by atoms with Crippen LogP contribution in [0.4, 0.5) is 0 Å². The molecule has 0 radical (unpaired) electrons. The fraction of sp³-hybridized carbons (Fsp3) is 0.385. The fourth-order valence-corrected chi connectivity index (χ4v) is 3.65. The lowest BCUT2D eigenvalue weighted by atomic mass is 10.1. The summed E-state index contributed by atoms with van der Waals surface area (Å²) in [6.45, 7) is 8.28. The Hall–Kier alpha value is -3.08. The number of allylic oxidation sites excluding steroid dienone is 1. The smallest absolute Gasteiger partial charge is 0.333 e. The number of rotatable bonds is 9. The molecule has 0 aliphatic heterocycles. The third kappa shape index (κ3) is 5.75. The lowest BCUT2D eigenvalue weighted by molar-refractivity contribution is -0.147.